The summed E-state index contributed by atoms with van der Waals surface area (Å²) in [5.74, 6) is 0.990. The van der Waals surface area contributed by atoms with Crippen molar-refractivity contribution in [1.29, 1.82) is 0 Å². The van der Waals surface area contributed by atoms with Crippen LogP contribution >= 0.6 is 11.8 Å². The molecule has 38 heavy (non-hydrogen) atoms. The zero-order valence-corrected chi connectivity index (χ0v) is 24.4. The van der Waals surface area contributed by atoms with E-state index < -0.39 is 9.84 Å². The van der Waals surface area contributed by atoms with E-state index in [-0.39, 0.29) is 35.2 Å². The predicted molar refractivity (Wildman–Crippen MR) is 155 cm³/mol. The van der Waals surface area contributed by atoms with Gasteiger partial charge in [0.1, 0.15) is 0 Å². The van der Waals surface area contributed by atoms with Crippen LogP contribution in [0.1, 0.15) is 49.8 Å². The molecule has 0 aliphatic carbocycles. The van der Waals surface area contributed by atoms with Gasteiger partial charge in [0.05, 0.1) is 17.4 Å². The van der Waals surface area contributed by atoms with Gasteiger partial charge in [-0.05, 0) is 55.7 Å². The maximum absolute atomic E-state index is 13.1. The van der Waals surface area contributed by atoms with E-state index in [0.29, 0.717) is 13.0 Å². The molecule has 1 aliphatic rings. The Hall–Kier alpha value is -2.36. The molecule has 1 heterocycles. The lowest BCUT2D eigenvalue weighted by Gasteiger charge is -2.38. The molecule has 2 aromatic carbocycles. The van der Waals surface area contributed by atoms with Crippen LogP contribution in [0.2, 0.25) is 0 Å². The first-order valence-electron chi connectivity index (χ1n) is 13.3. The van der Waals surface area contributed by atoms with Gasteiger partial charge in [0.25, 0.3) is 0 Å². The predicted octanol–water partition coefficient (Wildman–Crippen LogP) is 3.95. The van der Waals surface area contributed by atoms with Crippen molar-refractivity contribution in [2.75, 3.05) is 44.4 Å². The molecule has 7 nitrogen and oxygen atoms in total. The number of hydrogen-bond acceptors (Lipinski definition) is 6. The number of likely N-dealkylation sites (N-methyl/N-ethyl adjacent to an activating group) is 1. The molecule has 9 heteroatoms. The molecule has 0 aromatic heterocycles. The SMILES string of the molecule is CCN(C(=O)Cc1ccc(S(C)(=O)=O)cc1)C1CCN(CCC(NC(=O)CCSC)c2ccccc2)CC1. The number of carbonyl (C=O) groups is 2. The molecule has 0 radical (unpaired) electrons. The van der Waals surface area contributed by atoms with Crippen molar-refractivity contribution in [3.63, 3.8) is 0 Å². The molecule has 2 amide bonds. The lowest BCUT2D eigenvalue weighted by molar-refractivity contribution is -0.133. The average molecular weight is 560 g/mol. The van der Waals surface area contributed by atoms with Crippen LogP contribution in [-0.4, -0.2) is 80.5 Å². The largest absolute Gasteiger partial charge is 0.349 e. The van der Waals surface area contributed by atoms with Crippen LogP contribution < -0.4 is 5.32 Å². The minimum Gasteiger partial charge on any atom is -0.349 e. The number of nitrogens with one attached hydrogen (secondary N) is 1. The van der Waals surface area contributed by atoms with E-state index in [4.69, 9.17) is 0 Å². The Kier molecular flexibility index (Phi) is 11.7. The van der Waals surface area contributed by atoms with Crippen molar-refractivity contribution >= 4 is 33.4 Å². The molecule has 3 rings (SSSR count). The van der Waals surface area contributed by atoms with Crippen molar-refractivity contribution in [3.8, 4) is 0 Å². The van der Waals surface area contributed by atoms with E-state index in [1.165, 1.54) is 6.26 Å². The highest BCUT2D eigenvalue weighted by Gasteiger charge is 2.27. The molecule has 1 aliphatic heterocycles. The highest BCUT2D eigenvalue weighted by molar-refractivity contribution is 7.98. The Morgan fingerprint density at radius 1 is 1.08 bits per heavy atom. The second-order valence-electron chi connectivity index (χ2n) is 9.91. The van der Waals surface area contributed by atoms with Gasteiger partial charge in [0.15, 0.2) is 9.84 Å². The van der Waals surface area contributed by atoms with Crippen LogP contribution in [0.5, 0.6) is 0 Å². The van der Waals surface area contributed by atoms with Gasteiger partial charge in [-0.25, -0.2) is 8.42 Å². The Morgan fingerprint density at radius 3 is 2.32 bits per heavy atom. The first-order chi connectivity index (χ1) is 18.2. The van der Waals surface area contributed by atoms with Gasteiger partial charge in [0.2, 0.25) is 11.8 Å². The molecule has 208 valence electrons. The Morgan fingerprint density at radius 2 is 1.74 bits per heavy atom. The quantitative estimate of drug-likeness (QED) is 0.400. The summed E-state index contributed by atoms with van der Waals surface area (Å²) >= 11 is 1.68. The van der Waals surface area contributed by atoms with E-state index in [1.54, 1.807) is 36.0 Å². The number of amides is 2. The number of carbonyl (C=O) groups excluding carboxylic acids is 2. The molecule has 1 unspecified atom stereocenters. The molecule has 0 spiro atoms. The van der Waals surface area contributed by atoms with Gasteiger partial charge in [-0.1, -0.05) is 42.5 Å². The van der Waals surface area contributed by atoms with Crippen molar-refractivity contribution in [2.24, 2.45) is 0 Å². The number of nitrogens with zero attached hydrogens (tertiary/aromatic N) is 2. The van der Waals surface area contributed by atoms with Crippen LogP contribution in [0, 0.1) is 0 Å². The van der Waals surface area contributed by atoms with E-state index >= 15 is 0 Å². The van der Waals surface area contributed by atoms with Gasteiger partial charge >= 0.3 is 0 Å². The molecular formula is C29H41N3O4S2. The Balaban J connectivity index is 1.51. The third kappa shape index (κ3) is 9.13. The van der Waals surface area contributed by atoms with Gasteiger partial charge < -0.3 is 15.1 Å². The van der Waals surface area contributed by atoms with Crippen molar-refractivity contribution in [1.82, 2.24) is 15.1 Å². The fourth-order valence-electron chi connectivity index (χ4n) is 5.00. The summed E-state index contributed by atoms with van der Waals surface area (Å²) in [6, 6.07) is 17.0. The lowest BCUT2D eigenvalue weighted by atomic mass is 9.99. The first-order valence-corrected chi connectivity index (χ1v) is 16.6. The molecule has 1 atom stereocenters. The molecular weight excluding hydrogens is 518 g/mol. The van der Waals surface area contributed by atoms with Crippen LogP contribution in [-0.2, 0) is 25.8 Å². The van der Waals surface area contributed by atoms with Gasteiger partial charge in [-0.3, -0.25) is 9.59 Å². The Labute approximate surface area is 232 Å². The topological polar surface area (TPSA) is 86.8 Å². The van der Waals surface area contributed by atoms with E-state index in [2.05, 4.69) is 22.3 Å². The number of hydrogen-bond donors (Lipinski definition) is 1. The smallest absolute Gasteiger partial charge is 0.227 e. The Bertz CT molecular complexity index is 1130. The number of rotatable bonds is 13. The third-order valence-corrected chi connectivity index (χ3v) is 8.91. The number of likely N-dealkylation sites (tertiary alicyclic amines) is 1. The van der Waals surface area contributed by atoms with Crippen LogP contribution in [0.4, 0.5) is 0 Å². The highest BCUT2D eigenvalue weighted by Crippen LogP contribution is 2.22. The van der Waals surface area contributed by atoms with E-state index in [1.807, 2.05) is 36.3 Å². The minimum atomic E-state index is -3.25. The highest BCUT2D eigenvalue weighted by atomic mass is 32.2. The van der Waals surface area contributed by atoms with Crippen molar-refractivity contribution in [2.45, 2.75) is 56.0 Å². The van der Waals surface area contributed by atoms with Gasteiger partial charge in [0, 0.05) is 50.7 Å². The molecule has 2 aromatic rings. The van der Waals surface area contributed by atoms with Gasteiger partial charge in [-0.2, -0.15) is 11.8 Å². The summed E-state index contributed by atoms with van der Waals surface area (Å²) in [7, 11) is -3.25. The summed E-state index contributed by atoms with van der Waals surface area (Å²) in [6.07, 6.45) is 6.68. The summed E-state index contributed by atoms with van der Waals surface area (Å²) in [5.41, 5.74) is 1.96. The summed E-state index contributed by atoms with van der Waals surface area (Å²) in [4.78, 5) is 30.2. The average Bonchev–Trinajstić information content (AvgIpc) is 2.91. The second kappa shape index (κ2) is 14.7. The van der Waals surface area contributed by atoms with E-state index in [9.17, 15) is 18.0 Å². The standard InChI is InChI=1S/C29H41N3O4S2/c1-4-32(29(34)22-23-10-12-26(13-11-23)38(3,35)36)25-14-18-31(19-15-25)20-16-27(24-8-6-5-7-9-24)30-28(33)17-21-37-2/h5-13,25,27H,4,14-22H2,1-3H3,(H,30,33). The van der Waals surface area contributed by atoms with Crippen LogP contribution in [0.3, 0.4) is 0 Å². The van der Waals surface area contributed by atoms with Crippen molar-refractivity contribution < 1.29 is 18.0 Å². The molecule has 1 N–H and O–H groups in total. The molecule has 1 saturated heterocycles. The van der Waals surface area contributed by atoms with E-state index in [0.717, 1.165) is 55.8 Å². The fraction of sp³-hybridized carbons (Fsp3) is 0.517. The number of sulfone groups is 1. The maximum atomic E-state index is 13.1. The zero-order valence-electron chi connectivity index (χ0n) is 22.8. The number of benzene rings is 2. The second-order valence-corrected chi connectivity index (χ2v) is 12.9. The summed E-state index contributed by atoms with van der Waals surface area (Å²) in [6.45, 7) is 5.39. The van der Waals surface area contributed by atoms with Crippen LogP contribution in [0.15, 0.2) is 59.5 Å². The number of thioether (sulfide) groups is 1. The number of piperidine rings is 1. The molecule has 0 bridgehead atoms. The summed E-state index contributed by atoms with van der Waals surface area (Å²) in [5, 5.41) is 3.23. The first kappa shape index (κ1) is 30.2. The van der Waals surface area contributed by atoms with Crippen LogP contribution in [0.25, 0.3) is 0 Å². The molecule has 1 fully saturated rings. The lowest BCUT2D eigenvalue weighted by Crippen LogP contribution is -2.48. The van der Waals surface area contributed by atoms with Crippen molar-refractivity contribution in [3.05, 3.63) is 65.7 Å². The summed E-state index contributed by atoms with van der Waals surface area (Å²) < 4.78 is 23.4. The molecule has 0 saturated carbocycles. The fourth-order valence-corrected chi connectivity index (χ4v) is 6.02. The normalized spacial score (nSPS) is 15.7. The maximum Gasteiger partial charge on any atom is 0.227 e. The monoisotopic (exact) mass is 559 g/mol. The minimum absolute atomic E-state index is 0.00826. The van der Waals surface area contributed by atoms with Gasteiger partial charge in [-0.15, -0.1) is 0 Å². The zero-order chi connectivity index (χ0) is 27.5. The third-order valence-electron chi connectivity index (χ3n) is 7.17.